The van der Waals surface area contributed by atoms with E-state index in [0.29, 0.717) is 25.3 Å². The predicted octanol–water partition coefficient (Wildman–Crippen LogP) is 0.805. The van der Waals surface area contributed by atoms with E-state index in [4.69, 9.17) is 0 Å². The van der Waals surface area contributed by atoms with E-state index in [1.165, 1.54) is 6.07 Å². The Morgan fingerprint density at radius 1 is 1.24 bits per heavy atom. The number of anilines is 1. The van der Waals surface area contributed by atoms with E-state index in [9.17, 15) is 14.9 Å². The van der Waals surface area contributed by atoms with E-state index < -0.39 is 0 Å². The number of piperazine rings is 1. The van der Waals surface area contributed by atoms with Crippen LogP contribution in [-0.2, 0) is 4.79 Å². The Bertz CT molecular complexity index is 525. The molecular weight excluding hydrogens is 272 g/mol. The molecule has 7 nitrogen and oxygen atoms in total. The number of benzene rings is 1. The summed E-state index contributed by atoms with van der Waals surface area (Å²) in [6.45, 7) is 3.23. The predicted molar refractivity (Wildman–Crippen MR) is 80.4 cm³/mol. The number of nitro groups is 1. The van der Waals surface area contributed by atoms with Gasteiger partial charge in [-0.05, 0) is 6.07 Å². The first-order valence-electron chi connectivity index (χ1n) is 6.90. The largest absolute Gasteiger partial charge is 0.363 e. The summed E-state index contributed by atoms with van der Waals surface area (Å²) in [5.41, 5.74) is 0.788. The van der Waals surface area contributed by atoms with Crippen molar-refractivity contribution in [1.29, 1.82) is 0 Å². The summed E-state index contributed by atoms with van der Waals surface area (Å²) in [6, 6.07) is 6.79. The van der Waals surface area contributed by atoms with Crippen LogP contribution in [0, 0.1) is 10.1 Å². The zero-order valence-electron chi connectivity index (χ0n) is 12.4. The Kier molecular flexibility index (Phi) is 4.74. The van der Waals surface area contributed by atoms with Crippen LogP contribution in [0.15, 0.2) is 24.3 Å². The minimum absolute atomic E-state index is 0.0779. The smallest absolute Gasteiger partial charge is 0.292 e. The van der Waals surface area contributed by atoms with Crippen LogP contribution in [0.2, 0.25) is 0 Å². The first-order valence-corrected chi connectivity index (χ1v) is 6.90. The van der Waals surface area contributed by atoms with E-state index in [-0.39, 0.29) is 16.5 Å². The van der Waals surface area contributed by atoms with Gasteiger partial charge in [-0.2, -0.15) is 0 Å². The summed E-state index contributed by atoms with van der Waals surface area (Å²) in [5.74, 6) is 0.0779. The number of rotatable bonds is 4. The molecule has 0 aromatic heterocycles. The van der Waals surface area contributed by atoms with E-state index >= 15 is 0 Å². The van der Waals surface area contributed by atoms with Crippen molar-refractivity contribution in [3.05, 3.63) is 34.4 Å². The van der Waals surface area contributed by atoms with Crippen molar-refractivity contribution >= 4 is 17.3 Å². The molecular formula is C14H20N4O3. The van der Waals surface area contributed by atoms with Gasteiger partial charge in [-0.25, -0.2) is 0 Å². The first kappa shape index (κ1) is 15.2. The normalized spacial score (nSPS) is 15.8. The maximum absolute atomic E-state index is 11.7. The number of likely N-dealkylation sites (N-methyl/N-ethyl adjacent to an activating group) is 1. The van der Waals surface area contributed by atoms with Crippen molar-refractivity contribution in [3.63, 3.8) is 0 Å². The van der Waals surface area contributed by atoms with E-state index in [1.807, 2.05) is 11.0 Å². The molecule has 0 aliphatic carbocycles. The number of carbonyl (C=O) groups is 1. The molecule has 1 amide bonds. The molecule has 0 atom stereocenters. The number of carbonyl (C=O) groups excluding carboxylic acids is 1. The highest BCUT2D eigenvalue weighted by Gasteiger charge is 2.24. The van der Waals surface area contributed by atoms with Crippen LogP contribution in [0.3, 0.4) is 0 Å². The van der Waals surface area contributed by atoms with Crippen LogP contribution in [0.25, 0.3) is 0 Å². The Morgan fingerprint density at radius 3 is 2.43 bits per heavy atom. The van der Waals surface area contributed by atoms with Gasteiger partial charge in [0, 0.05) is 46.3 Å². The van der Waals surface area contributed by atoms with Crippen molar-refractivity contribution in [2.75, 3.05) is 51.7 Å². The zero-order chi connectivity index (χ0) is 15.4. The van der Waals surface area contributed by atoms with Crippen molar-refractivity contribution < 1.29 is 9.72 Å². The third-order valence-corrected chi connectivity index (χ3v) is 3.65. The standard InChI is InChI=1S/C14H20N4O3/c1-15(2)14(19)11-16-7-9-17(10-8-16)12-5-3-4-6-13(12)18(20)21/h3-6H,7-11H2,1-2H3. The molecule has 0 unspecified atom stereocenters. The van der Waals surface area contributed by atoms with Crippen LogP contribution in [0.4, 0.5) is 11.4 Å². The third-order valence-electron chi connectivity index (χ3n) is 3.65. The average Bonchev–Trinajstić information content (AvgIpc) is 2.48. The minimum atomic E-state index is -0.350. The molecule has 0 spiro atoms. The van der Waals surface area contributed by atoms with Gasteiger partial charge in [0.25, 0.3) is 5.69 Å². The van der Waals surface area contributed by atoms with Crippen LogP contribution >= 0.6 is 0 Å². The fourth-order valence-electron chi connectivity index (χ4n) is 2.37. The molecule has 7 heteroatoms. The molecule has 1 aliphatic rings. The Hall–Kier alpha value is -2.15. The van der Waals surface area contributed by atoms with Gasteiger partial charge in [-0.15, -0.1) is 0 Å². The molecule has 1 aromatic rings. The second-order valence-corrected chi connectivity index (χ2v) is 5.30. The number of hydrogen-bond donors (Lipinski definition) is 0. The van der Waals surface area contributed by atoms with Crippen molar-refractivity contribution in [2.24, 2.45) is 0 Å². The maximum atomic E-state index is 11.7. The number of hydrogen-bond acceptors (Lipinski definition) is 5. The summed E-state index contributed by atoms with van der Waals surface area (Å²) < 4.78 is 0. The fourth-order valence-corrected chi connectivity index (χ4v) is 2.37. The van der Waals surface area contributed by atoms with Crippen molar-refractivity contribution in [2.45, 2.75) is 0 Å². The lowest BCUT2D eigenvalue weighted by molar-refractivity contribution is -0.384. The van der Waals surface area contributed by atoms with Gasteiger partial charge in [-0.1, -0.05) is 12.1 Å². The molecule has 1 aromatic carbocycles. The molecule has 2 rings (SSSR count). The van der Waals surface area contributed by atoms with Crippen molar-refractivity contribution in [3.8, 4) is 0 Å². The second kappa shape index (κ2) is 6.53. The van der Waals surface area contributed by atoms with Crippen LogP contribution < -0.4 is 4.90 Å². The summed E-state index contributed by atoms with van der Waals surface area (Å²) in [4.78, 5) is 28.1. The maximum Gasteiger partial charge on any atom is 0.292 e. The lowest BCUT2D eigenvalue weighted by Gasteiger charge is -2.35. The second-order valence-electron chi connectivity index (χ2n) is 5.30. The third kappa shape index (κ3) is 3.69. The molecule has 114 valence electrons. The van der Waals surface area contributed by atoms with Crippen LogP contribution in [0.1, 0.15) is 0 Å². The molecule has 0 radical (unpaired) electrons. The van der Waals surface area contributed by atoms with Gasteiger partial charge in [0.2, 0.25) is 5.91 Å². The summed E-state index contributed by atoms with van der Waals surface area (Å²) in [6.07, 6.45) is 0. The minimum Gasteiger partial charge on any atom is -0.363 e. The molecule has 0 bridgehead atoms. The van der Waals surface area contributed by atoms with E-state index in [2.05, 4.69) is 4.90 Å². The average molecular weight is 292 g/mol. The summed E-state index contributed by atoms with van der Waals surface area (Å²) in [5, 5.41) is 11.1. The number of nitro benzene ring substituents is 1. The first-order chi connectivity index (χ1) is 9.99. The monoisotopic (exact) mass is 292 g/mol. The molecule has 1 fully saturated rings. The molecule has 1 heterocycles. The Balaban J connectivity index is 1.98. The zero-order valence-corrected chi connectivity index (χ0v) is 12.4. The van der Waals surface area contributed by atoms with Gasteiger partial charge < -0.3 is 9.80 Å². The number of nitrogens with zero attached hydrogens (tertiary/aromatic N) is 4. The SMILES string of the molecule is CN(C)C(=O)CN1CCN(c2ccccc2[N+](=O)[O-])CC1. The summed E-state index contributed by atoms with van der Waals surface area (Å²) >= 11 is 0. The molecule has 1 saturated heterocycles. The highest BCUT2D eigenvalue weighted by Crippen LogP contribution is 2.28. The van der Waals surface area contributed by atoms with E-state index in [0.717, 1.165) is 13.1 Å². The highest BCUT2D eigenvalue weighted by molar-refractivity contribution is 5.77. The molecule has 21 heavy (non-hydrogen) atoms. The van der Waals surface area contributed by atoms with E-state index in [1.54, 1.807) is 31.1 Å². The van der Waals surface area contributed by atoms with Gasteiger partial charge in [-0.3, -0.25) is 19.8 Å². The van der Waals surface area contributed by atoms with Gasteiger partial charge >= 0.3 is 0 Å². The number of para-hydroxylation sites is 2. The summed E-state index contributed by atoms with van der Waals surface area (Å²) in [7, 11) is 3.48. The van der Waals surface area contributed by atoms with Crippen LogP contribution in [-0.4, -0.2) is 67.4 Å². The Labute approximate surface area is 123 Å². The number of amides is 1. The van der Waals surface area contributed by atoms with Gasteiger partial charge in [0.15, 0.2) is 0 Å². The molecule has 1 aliphatic heterocycles. The van der Waals surface area contributed by atoms with Gasteiger partial charge in [0.1, 0.15) is 5.69 Å². The molecule has 0 N–H and O–H groups in total. The highest BCUT2D eigenvalue weighted by atomic mass is 16.6. The quantitative estimate of drug-likeness (QED) is 0.606. The topological polar surface area (TPSA) is 69.9 Å². The lowest BCUT2D eigenvalue weighted by atomic mass is 10.2. The van der Waals surface area contributed by atoms with Crippen LogP contribution in [0.5, 0.6) is 0 Å². The lowest BCUT2D eigenvalue weighted by Crippen LogP contribution is -2.49. The Morgan fingerprint density at radius 2 is 1.86 bits per heavy atom. The van der Waals surface area contributed by atoms with Gasteiger partial charge in [0.05, 0.1) is 11.5 Å². The molecule has 0 saturated carbocycles. The van der Waals surface area contributed by atoms with Crippen molar-refractivity contribution in [1.82, 2.24) is 9.80 Å². The fraction of sp³-hybridized carbons (Fsp3) is 0.500.